The van der Waals surface area contributed by atoms with E-state index in [1.807, 2.05) is 60.7 Å². The maximum Gasteiger partial charge on any atom is 0.387 e. The molecular weight excluding hydrogens is 734 g/mol. The molecule has 0 bridgehead atoms. The molecule has 0 unspecified atom stereocenters. The molecule has 6 atom stereocenters. The topological polar surface area (TPSA) is 84.8 Å². The number of fused-ring (bicyclic) bond motifs is 5. The van der Waals surface area contributed by atoms with Crippen molar-refractivity contribution in [3.05, 3.63) is 118 Å². The first-order valence-corrected chi connectivity index (χ1v) is 21.3. The molecule has 0 saturated carbocycles. The van der Waals surface area contributed by atoms with Crippen molar-refractivity contribution in [2.45, 2.75) is 142 Å². The second kappa shape index (κ2) is 14.4. The Morgan fingerprint density at radius 2 is 1.16 bits per heavy atom. The van der Waals surface area contributed by atoms with Crippen LogP contribution in [0.3, 0.4) is 0 Å². The van der Waals surface area contributed by atoms with Gasteiger partial charge in [-0.2, -0.15) is 0 Å². The molecule has 2 fully saturated rings. The Kier molecular flexibility index (Phi) is 10.1. The lowest BCUT2D eigenvalue weighted by Gasteiger charge is -2.45. The van der Waals surface area contributed by atoms with E-state index in [9.17, 15) is 0 Å². The Bertz CT molecular complexity index is 2250. The van der Waals surface area contributed by atoms with Gasteiger partial charge in [-0.1, -0.05) is 144 Å². The normalized spacial score (nSPS) is 24.2. The molecule has 57 heavy (non-hydrogen) atoms. The lowest BCUT2D eigenvalue weighted by atomic mass is 9.77. The van der Waals surface area contributed by atoms with Crippen LogP contribution in [-0.4, -0.2) is 43.1 Å². The maximum atomic E-state index is 7.28. The predicted molar refractivity (Wildman–Crippen MR) is 228 cm³/mol. The zero-order valence-electron chi connectivity index (χ0n) is 35.5. The highest BCUT2D eigenvalue weighted by Crippen LogP contribution is 2.47. The largest absolute Gasteiger partial charge is 0.445 e. The van der Waals surface area contributed by atoms with Crippen molar-refractivity contribution in [1.82, 2.24) is 0 Å². The van der Waals surface area contributed by atoms with Gasteiger partial charge < -0.3 is 27.3 Å². The summed E-state index contributed by atoms with van der Waals surface area (Å²) in [5, 5.41) is 2.02. The van der Waals surface area contributed by atoms with Crippen molar-refractivity contribution < 1.29 is 31.9 Å². The molecule has 5 aromatic rings. The number of ether oxygens (including phenoxy) is 4. The summed E-state index contributed by atoms with van der Waals surface area (Å²) in [6, 6.07) is 28.5. The monoisotopic (exact) mass is 791 g/mol. The van der Waals surface area contributed by atoms with Crippen molar-refractivity contribution in [2.75, 3.05) is 6.61 Å². The van der Waals surface area contributed by atoms with Gasteiger partial charge in [-0.05, 0) is 57.1 Å². The van der Waals surface area contributed by atoms with E-state index in [4.69, 9.17) is 36.9 Å². The maximum absolute atomic E-state index is 7.28. The van der Waals surface area contributed by atoms with Crippen molar-refractivity contribution in [3.8, 4) is 0 Å². The molecule has 302 valence electrons. The van der Waals surface area contributed by atoms with Gasteiger partial charge in [0.05, 0.1) is 6.61 Å². The second-order valence-corrected chi connectivity index (χ2v) is 20.9. The van der Waals surface area contributed by atoms with Crippen molar-refractivity contribution in [2.24, 2.45) is 4.99 Å². The van der Waals surface area contributed by atoms with Gasteiger partial charge in [-0.25, -0.2) is 4.99 Å². The van der Waals surface area contributed by atoms with Gasteiger partial charge in [0, 0.05) is 33.0 Å². The van der Waals surface area contributed by atoms with Crippen LogP contribution in [0.1, 0.15) is 123 Å². The van der Waals surface area contributed by atoms with Gasteiger partial charge in [0.1, 0.15) is 35.5 Å². The van der Waals surface area contributed by atoms with Gasteiger partial charge >= 0.3 is 8.24 Å². The molecule has 3 aliphatic rings. The molecule has 4 heterocycles. The summed E-state index contributed by atoms with van der Waals surface area (Å²) in [7, 11) is -2.09. The minimum Gasteiger partial charge on any atom is -0.445 e. The summed E-state index contributed by atoms with van der Waals surface area (Å²) in [4.78, 5) is 5.14. The molecule has 0 spiro atoms. The highest BCUT2D eigenvalue weighted by molar-refractivity contribution is 7.31. The van der Waals surface area contributed by atoms with Gasteiger partial charge in [0.2, 0.25) is 12.2 Å². The Morgan fingerprint density at radius 3 is 1.67 bits per heavy atom. The van der Waals surface area contributed by atoms with Crippen LogP contribution in [0, 0.1) is 0 Å². The van der Waals surface area contributed by atoms with E-state index in [1.165, 1.54) is 11.1 Å². The van der Waals surface area contributed by atoms with E-state index >= 15 is 0 Å². The smallest absolute Gasteiger partial charge is 0.387 e. The highest BCUT2D eigenvalue weighted by atomic mass is 31.1. The van der Waals surface area contributed by atoms with E-state index in [-0.39, 0.29) is 28.3 Å². The first-order chi connectivity index (χ1) is 26.8. The molecule has 0 radical (unpaired) electrons. The molecule has 0 amide bonds. The van der Waals surface area contributed by atoms with Crippen LogP contribution >= 0.6 is 8.24 Å². The van der Waals surface area contributed by atoms with Crippen molar-refractivity contribution in [1.29, 1.82) is 0 Å². The number of nitrogens with zero attached hydrogens (tertiary/aromatic N) is 1. The van der Waals surface area contributed by atoms with Gasteiger partial charge in [-0.3, -0.25) is 4.52 Å². The summed E-state index contributed by atoms with van der Waals surface area (Å²) in [6.07, 6.45) is -3.05. The van der Waals surface area contributed by atoms with Crippen LogP contribution in [0.15, 0.2) is 98.3 Å². The summed E-state index contributed by atoms with van der Waals surface area (Å²) in [6.45, 7) is 27.3. The number of hydrogen-bond acceptors (Lipinski definition) is 8. The quantitative estimate of drug-likeness (QED) is 0.179. The molecule has 0 aliphatic carbocycles. The molecule has 2 saturated heterocycles. The van der Waals surface area contributed by atoms with Gasteiger partial charge in [0.25, 0.3) is 0 Å². The Morgan fingerprint density at radius 1 is 0.632 bits per heavy atom. The average molecular weight is 792 g/mol. The third-order valence-electron chi connectivity index (χ3n) is 11.2. The van der Waals surface area contributed by atoms with E-state index in [2.05, 4.69) is 107 Å². The molecule has 9 heteroatoms. The van der Waals surface area contributed by atoms with Crippen molar-refractivity contribution >= 4 is 36.1 Å². The molecule has 3 aliphatic heterocycles. The van der Waals surface area contributed by atoms with Crippen molar-refractivity contribution in [3.63, 3.8) is 0 Å². The Balaban J connectivity index is 1.38. The molecule has 8 nitrogen and oxygen atoms in total. The molecule has 8 rings (SSSR count). The molecular formula is C48H58NO7P. The summed E-state index contributed by atoms with van der Waals surface area (Å²) in [5.41, 5.74) is 7.23. The lowest BCUT2D eigenvalue weighted by molar-refractivity contribution is -0.324. The van der Waals surface area contributed by atoms with Crippen LogP contribution in [0.5, 0.6) is 0 Å². The van der Waals surface area contributed by atoms with E-state index < -0.39 is 45.2 Å². The first-order valence-electron chi connectivity index (χ1n) is 20.2. The third kappa shape index (κ3) is 7.84. The zero-order chi connectivity index (χ0) is 40.7. The molecule has 0 N–H and O–H groups in total. The average Bonchev–Trinajstić information content (AvgIpc) is 3.50. The molecule has 1 aromatic heterocycles. The Hall–Kier alpha value is -3.91. The first kappa shape index (κ1) is 39.9. The van der Waals surface area contributed by atoms with E-state index in [0.717, 1.165) is 44.2 Å². The summed E-state index contributed by atoms with van der Waals surface area (Å²) >= 11 is 0. The van der Waals surface area contributed by atoms with Crippen LogP contribution < -0.4 is 4.52 Å². The van der Waals surface area contributed by atoms with Crippen LogP contribution in [0.25, 0.3) is 21.9 Å². The number of aliphatic imine (C=N–C) groups is 1. The lowest BCUT2D eigenvalue weighted by Crippen LogP contribution is -2.62. The van der Waals surface area contributed by atoms with Crippen LogP contribution in [-0.2, 0) is 40.6 Å². The van der Waals surface area contributed by atoms with Gasteiger partial charge in [-0.15, -0.1) is 0 Å². The summed E-state index contributed by atoms with van der Waals surface area (Å²) in [5.74, 6) is 0.499. The summed E-state index contributed by atoms with van der Waals surface area (Å²) < 4.78 is 47.8. The fourth-order valence-electron chi connectivity index (χ4n) is 7.84. The fourth-order valence-corrected chi connectivity index (χ4v) is 9.10. The third-order valence-corrected chi connectivity index (χ3v) is 12.3. The minimum atomic E-state index is -2.09. The fraction of sp³-hybridized carbons (Fsp3) is 0.479. The number of benzene rings is 4. The van der Waals surface area contributed by atoms with E-state index in [0.29, 0.717) is 5.90 Å². The second-order valence-electron chi connectivity index (χ2n) is 19.9. The highest BCUT2D eigenvalue weighted by Gasteiger charge is 2.55. The SMILES string of the molecule is CC(C)(C)c1cc(C(C)(C)C)c2op(O[C@@H]3[C@H]4N=C(c5ccccc5)O[C@H]4O[C@@H]4CO[C@@H](c5ccccc5)O[C@@H]34)oc3c(C(C)(C)C)cc(C(C)(C)C)cc3c2c1. The zero-order valence-corrected chi connectivity index (χ0v) is 36.4. The number of hydrogen-bond donors (Lipinski definition) is 0. The predicted octanol–water partition coefficient (Wildman–Crippen LogP) is 12.0. The van der Waals surface area contributed by atoms with Gasteiger partial charge in [0.15, 0.2) is 6.29 Å². The molecule has 4 aromatic carbocycles. The van der Waals surface area contributed by atoms with Crippen LogP contribution in [0.2, 0.25) is 0 Å². The number of rotatable bonds is 4. The standard InChI is InChI=1S/C48H58NO7P/c1-45(2,3)30-23-32-33-24-31(46(4,5)6)26-35(48(10,11)12)39(33)55-57(54-38(32)34(25-30)47(7,8)9)56-41-37-44(53-42(49-37)28-19-15-13-16-20-28)51-36-27-50-43(52-40(36)41)29-21-17-14-18-22-29/h13-26,36-37,40-41,43-44H,27H2,1-12H3/t36-,37-,40-,41-,43-,44-/m1/s1. The minimum absolute atomic E-state index is 0.114. The Labute approximate surface area is 338 Å². The van der Waals surface area contributed by atoms with Crippen LogP contribution in [0.4, 0.5) is 0 Å². The van der Waals surface area contributed by atoms with E-state index in [1.54, 1.807) is 0 Å².